The van der Waals surface area contributed by atoms with Crippen LogP contribution in [0, 0.1) is 5.41 Å². The van der Waals surface area contributed by atoms with E-state index in [1.54, 1.807) is 6.20 Å². The summed E-state index contributed by atoms with van der Waals surface area (Å²) in [7, 11) is 0. The Kier molecular flexibility index (Phi) is 4.48. The van der Waals surface area contributed by atoms with Gasteiger partial charge in [-0.3, -0.25) is 4.79 Å². The number of hydrogen-bond acceptors (Lipinski definition) is 3. The molecule has 0 bridgehead atoms. The van der Waals surface area contributed by atoms with Crippen molar-refractivity contribution in [2.45, 2.75) is 20.8 Å². The van der Waals surface area contributed by atoms with E-state index in [9.17, 15) is 4.79 Å². The van der Waals surface area contributed by atoms with Crippen molar-refractivity contribution < 1.29 is 4.79 Å². The topological polar surface area (TPSA) is 54.0 Å². The molecule has 4 nitrogen and oxygen atoms in total. The predicted molar refractivity (Wildman–Crippen MR) is 87.1 cm³/mol. The molecule has 110 valence electrons. The fourth-order valence-electron chi connectivity index (χ4n) is 1.54. The van der Waals surface area contributed by atoms with Crippen LogP contribution in [0.5, 0.6) is 0 Å². The number of nitrogens with one attached hydrogen (secondary N) is 2. The van der Waals surface area contributed by atoms with Crippen LogP contribution in [0.25, 0.3) is 0 Å². The van der Waals surface area contributed by atoms with E-state index in [0.29, 0.717) is 16.5 Å². The van der Waals surface area contributed by atoms with Crippen LogP contribution in [0.1, 0.15) is 20.8 Å². The van der Waals surface area contributed by atoms with Crippen LogP contribution in [-0.2, 0) is 4.79 Å². The first-order valence-electron chi connectivity index (χ1n) is 6.65. The zero-order chi connectivity index (χ0) is 15.5. The van der Waals surface area contributed by atoms with Gasteiger partial charge >= 0.3 is 0 Å². The Morgan fingerprint density at radius 2 is 1.67 bits per heavy atom. The average molecular weight is 304 g/mol. The third kappa shape index (κ3) is 4.46. The number of aromatic nitrogens is 1. The van der Waals surface area contributed by atoms with Crippen LogP contribution in [0.4, 0.5) is 17.2 Å². The monoisotopic (exact) mass is 303 g/mol. The van der Waals surface area contributed by atoms with Crippen LogP contribution in [0.15, 0.2) is 42.6 Å². The molecule has 0 fully saturated rings. The lowest BCUT2D eigenvalue weighted by Crippen LogP contribution is -2.27. The maximum absolute atomic E-state index is 11.9. The molecule has 0 aliphatic rings. The number of anilines is 3. The van der Waals surface area contributed by atoms with E-state index in [4.69, 9.17) is 11.6 Å². The van der Waals surface area contributed by atoms with Crippen molar-refractivity contribution >= 4 is 34.7 Å². The molecule has 0 spiro atoms. The van der Waals surface area contributed by atoms with Crippen molar-refractivity contribution in [1.29, 1.82) is 0 Å². The van der Waals surface area contributed by atoms with Crippen molar-refractivity contribution in [2.24, 2.45) is 5.41 Å². The van der Waals surface area contributed by atoms with Crippen LogP contribution >= 0.6 is 11.6 Å². The molecule has 1 amide bonds. The Labute approximate surface area is 129 Å². The first kappa shape index (κ1) is 15.3. The van der Waals surface area contributed by atoms with Gasteiger partial charge in [0.05, 0.1) is 11.9 Å². The van der Waals surface area contributed by atoms with Gasteiger partial charge in [-0.15, -0.1) is 0 Å². The lowest BCUT2D eigenvalue weighted by Gasteiger charge is -2.17. The lowest BCUT2D eigenvalue weighted by atomic mass is 9.96. The standard InChI is InChI=1S/C16H18ClN3O/c1-16(2,3)15(21)20-13-8-9-14(18-10-13)19-12-6-4-11(17)5-7-12/h4-10H,1-3H3,(H,18,19)(H,20,21). The molecule has 0 unspecified atom stereocenters. The maximum atomic E-state index is 11.9. The maximum Gasteiger partial charge on any atom is 0.229 e. The Morgan fingerprint density at radius 3 is 2.19 bits per heavy atom. The van der Waals surface area contributed by atoms with Gasteiger partial charge in [0, 0.05) is 16.1 Å². The second-order valence-corrected chi connectivity index (χ2v) is 6.20. The smallest absolute Gasteiger partial charge is 0.229 e. The summed E-state index contributed by atoms with van der Waals surface area (Å²) in [5, 5.41) is 6.68. The van der Waals surface area contributed by atoms with Crippen LogP contribution in [0.2, 0.25) is 5.02 Å². The summed E-state index contributed by atoms with van der Waals surface area (Å²) in [5.41, 5.74) is 1.15. The van der Waals surface area contributed by atoms with Crippen molar-refractivity contribution in [3.63, 3.8) is 0 Å². The van der Waals surface area contributed by atoms with Crippen molar-refractivity contribution in [1.82, 2.24) is 4.98 Å². The summed E-state index contributed by atoms with van der Waals surface area (Å²) in [4.78, 5) is 16.1. The van der Waals surface area contributed by atoms with Gasteiger partial charge in [0.1, 0.15) is 5.82 Å². The van der Waals surface area contributed by atoms with E-state index in [-0.39, 0.29) is 5.91 Å². The van der Waals surface area contributed by atoms with Crippen molar-refractivity contribution in [3.8, 4) is 0 Å². The Morgan fingerprint density at radius 1 is 1.05 bits per heavy atom. The number of halogens is 1. The van der Waals surface area contributed by atoms with E-state index < -0.39 is 5.41 Å². The zero-order valence-electron chi connectivity index (χ0n) is 12.3. The number of amides is 1. The average Bonchev–Trinajstić information content (AvgIpc) is 2.42. The van der Waals surface area contributed by atoms with E-state index in [0.717, 1.165) is 5.69 Å². The third-order valence-electron chi connectivity index (χ3n) is 2.82. The highest BCUT2D eigenvalue weighted by molar-refractivity contribution is 6.30. The molecule has 1 aromatic carbocycles. The Hall–Kier alpha value is -2.07. The molecule has 0 atom stereocenters. The summed E-state index contributed by atoms with van der Waals surface area (Å²) >= 11 is 5.84. The summed E-state index contributed by atoms with van der Waals surface area (Å²) in [6, 6.07) is 11.0. The van der Waals surface area contributed by atoms with E-state index in [1.807, 2.05) is 57.2 Å². The largest absolute Gasteiger partial charge is 0.340 e. The summed E-state index contributed by atoms with van der Waals surface area (Å²) in [6.07, 6.45) is 1.63. The Balaban J connectivity index is 2.02. The normalized spacial score (nSPS) is 11.0. The molecule has 0 radical (unpaired) electrons. The van der Waals surface area contributed by atoms with Crippen LogP contribution < -0.4 is 10.6 Å². The molecule has 2 rings (SSSR count). The number of carbonyl (C=O) groups excluding carboxylic acids is 1. The lowest BCUT2D eigenvalue weighted by molar-refractivity contribution is -0.123. The van der Waals surface area contributed by atoms with Gasteiger partial charge in [-0.05, 0) is 36.4 Å². The highest BCUT2D eigenvalue weighted by Gasteiger charge is 2.21. The minimum absolute atomic E-state index is 0.0392. The zero-order valence-corrected chi connectivity index (χ0v) is 13.0. The molecule has 0 saturated heterocycles. The van der Waals surface area contributed by atoms with E-state index in [1.165, 1.54) is 0 Å². The minimum Gasteiger partial charge on any atom is -0.340 e. The molecule has 1 heterocycles. The van der Waals surface area contributed by atoms with E-state index in [2.05, 4.69) is 15.6 Å². The molecule has 2 N–H and O–H groups in total. The number of pyridine rings is 1. The second-order valence-electron chi connectivity index (χ2n) is 5.77. The van der Waals surface area contributed by atoms with Crippen LogP contribution in [-0.4, -0.2) is 10.9 Å². The molecule has 2 aromatic rings. The van der Waals surface area contributed by atoms with Crippen molar-refractivity contribution in [3.05, 3.63) is 47.6 Å². The number of carbonyl (C=O) groups is 1. The van der Waals surface area contributed by atoms with Gasteiger partial charge < -0.3 is 10.6 Å². The highest BCUT2D eigenvalue weighted by Crippen LogP contribution is 2.20. The quantitative estimate of drug-likeness (QED) is 0.880. The van der Waals surface area contributed by atoms with Gasteiger partial charge in [-0.2, -0.15) is 0 Å². The van der Waals surface area contributed by atoms with Gasteiger partial charge in [-0.1, -0.05) is 32.4 Å². The van der Waals surface area contributed by atoms with Gasteiger partial charge in [0.15, 0.2) is 0 Å². The molecular weight excluding hydrogens is 286 g/mol. The Bertz CT molecular complexity index is 615. The SMILES string of the molecule is CC(C)(C)C(=O)Nc1ccc(Nc2ccc(Cl)cc2)nc1. The summed E-state index contributed by atoms with van der Waals surface area (Å²) < 4.78 is 0. The molecular formula is C16H18ClN3O. The summed E-state index contributed by atoms with van der Waals surface area (Å²) in [6.45, 7) is 5.60. The number of benzene rings is 1. The minimum atomic E-state index is -0.430. The molecule has 1 aromatic heterocycles. The predicted octanol–water partition coefficient (Wildman–Crippen LogP) is 4.46. The van der Waals surface area contributed by atoms with Crippen molar-refractivity contribution in [2.75, 3.05) is 10.6 Å². The molecule has 0 aliphatic carbocycles. The van der Waals surface area contributed by atoms with Crippen LogP contribution in [0.3, 0.4) is 0 Å². The van der Waals surface area contributed by atoms with Gasteiger partial charge in [0.25, 0.3) is 0 Å². The molecule has 5 heteroatoms. The first-order valence-corrected chi connectivity index (χ1v) is 7.02. The number of nitrogens with zero attached hydrogens (tertiary/aromatic N) is 1. The number of hydrogen-bond donors (Lipinski definition) is 2. The molecule has 0 aliphatic heterocycles. The third-order valence-corrected chi connectivity index (χ3v) is 3.07. The van der Waals surface area contributed by atoms with Gasteiger partial charge in [0.2, 0.25) is 5.91 Å². The molecule has 21 heavy (non-hydrogen) atoms. The fourth-order valence-corrected chi connectivity index (χ4v) is 1.67. The summed E-state index contributed by atoms with van der Waals surface area (Å²) in [5.74, 6) is 0.661. The van der Waals surface area contributed by atoms with Gasteiger partial charge in [-0.25, -0.2) is 4.98 Å². The van der Waals surface area contributed by atoms with E-state index >= 15 is 0 Å². The highest BCUT2D eigenvalue weighted by atomic mass is 35.5. The number of rotatable bonds is 3. The first-order chi connectivity index (χ1) is 9.84. The fraction of sp³-hybridized carbons (Fsp3) is 0.250. The molecule has 0 saturated carbocycles. The second kappa shape index (κ2) is 6.14.